The average molecular weight is 411 g/mol. The Kier molecular flexibility index (Phi) is 8.67. The van der Waals surface area contributed by atoms with Crippen LogP contribution in [-0.2, 0) is 11.0 Å². The molecule has 1 aromatic carbocycles. The lowest BCUT2D eigenvalue weighted by molar-refractivity contribution is 0.0750. The molecule has 0 unspecified atom stereocenters. The highest BCUT2D eigenvalue weighted by Gasteiger charge is 2.27. The van der Waals surface area contributed by atoms with Gasteiger partial charge in [-0.3, -0.25) is 19.5 Å². The van der Waals surface area contributed by atoms with E-state index in [2.05, 4.69) is 10.2 Å². The minimum Gasteiger partial charge on any atom is -0.489 e. The van der Waals surface area contributed by atoms with Crippen LogP contribution in [0.5, 0.6) is 5.75 Å². The summed E-state index contributed by atoms with van der Waals surface area (Å²) in [6.45, 7) is 8.16. The Hall–Kier alpha value is -1.69. The number of nitrogens with one attached hydrogen (secondary N) is 2. The molecule has 1 aliphatic heterocycles. The fourth-order valence-corrected chi connectivity index (χ4v) is 5.16. The average Bonchev–Trinajstić information content (AvgIpc) is 2.68. The molecule has 1 amide bonds. The van der Waals surface area contributed by atoms with Crippen molar-refractivity contribution in [1.82, 2.24) is 15.1 Å². The minimum atomic E-state index is -2.68. The summed E-state index contributed by atoms with van der Waals surface area (Å²) in [6.07, 6.45) is 2.29. The standard InChI is InChI=1S/C20H31FN3O3P/c1-4-16(14-21)15-27-18-7-8-19-17(13-18)9-10-24(20(19)25)11-12-28(26,22-5-2)23-6-3/h7-8,13-14H,4-6,9-12,15H2,1-3H3,(H2,22,23,26)/b16-14-. The Morgan fingerprint density at radius 3 is 2.61 bits per heavy atom. The molecule has 0 saturated carbocycles. The second-order valence-electron chi connectivity index (χ2n) is 6.76. The van der Waals surface area contributed by atoms with Gasteiger partial charge in [0, 0.05) is 24.8 Å². The second-order valence-corrected chi connectivity index (χ2v) is 9.32. The second kappa shape index (κ2) is 10.7. The summed E-state index contributed by atoms with van der Waals surface area (Å²) in [5.74, 6) is 0.585. The van der Waals surface area contributed by atoms with Crippen LogP contribution in [0.2, 0.25) is 0 Å². The molecule has 156 valence electrons. The summed E-state index contributed by atoms with van der Waals surface area (Å²) < 4.78 is 31.1. The maximum Gasteiger partial charge on any atom is 0.254 e. The van der Waals surface area contributed by atoms with E-state index in [1.54, 1.807) is 17.0 Å². The highest BCUT2D eigenvalue weighted by Crippen LogP contribution is 2.35. The molecule has 1 aliphatic rings. The summed E-state index contributed by atoms with van der Waals surface area (Å²) in [6, 6.07) is 5.37. The number of hydrogen-bond donors (Lipinski definition) is 2. The van der Waals surface area contributed by atoms with Gasteiger partial charge in [-0.25, -0.2) is 4.39 Å². The van der Waals surface area contributed by atoms with E-state index in [1.165, 1.54) is 0 Å². The van der Waals surface area contributed by atoms with E-state index >= 15 is 0 Å². The summed E-state index contributed by atoms with van der Waals surface area (Å²) in [4.78, 5) is 14.6. The van der Waals surface area contributed by atoms with Crippen molar-refractivity contribution in [3.63, 3.8) is 0 Å². The van der Waals surface area contributed by atoms with Crippen molar-refractivity contribution < 1.29 is 18.5 Å². The quantitative estimate of drug-likeness (QED) is 0.543. The number of nitrogens with zero attached hydrogens (tertiary/aromatic N) is 1. The van der Waals surface area contributed by atoms with Gasteiger partial charge >= 0.3 is 0 Å². The molecule has 2 rings (SSSR count). The maximum absolute atomic E-state index is 12.8. The highest BCUT2D eigenvalue weighted by molar-refractivity contribution is 7.59. The number of halogens is 1. The summed E-state index contributed by atoms with van der Waals surface area (Å²) in [7, 11) is -2.68. The van der Waals surface area contributed by atoms with Crippen LogP contribution < -0.4 is 14.9 Å². The number of amides is 1. The third kappa shape index (κ3) is 5.90. The van der Waals surface area contributed by atoms with Crippen LogP contribution in [0.25, 0.3) is 0 Å². The Morgan fingerprint density at radius 2 is 2.00 bits per heavy atom. The zero-order valence-electron chi connectivity index (χ0n) is 17.0. The van der Waals surface area contributed by atoms with Crippen molar-refractivity contribution in [2.45, 2.75) is 33.6 Å². The summed E-state index contributed by atoms with van der Waals surface area (Å²) >= 11 is 0. The fraction of sp³-hybridized carbons (Fsp3) is 0.550. The van der Waals surface area contributed by atoms with Gasteiger partial charge in [0.25, 0.3) is 5.91 Å². The number of carbonyl (C=O) groups is 1. The lowest BCUT2D eigenvalue weighted by Crippen LogP contribution is -2.40. The normalized spacial score (nSPS) is 14.9. The Bertz CT molecular complexity index is 744. The zero-order chi connectivity index (χ0) is 20.6. The Balaban J connectivity index is 2.01. The molecule has 8 heteroatoms. The van der Waals surface area contributed by atoms with Crippen molar-refractivity contribution in [2.24, 2.45) is 0 Å². The monoisotopic (exact) mass is 411 g/mol. The number of ether oxygens (including phenoxy) is 1. The molecule has 28 heavy (non-hydrogen) atoms. The maximum atomic E-state index is 12.8. The van der Waals surface area contributed by atoms with E-state index in [4.69, 9.17) is 4.74 Å². The van der Waals surface area contributed by atoms with Gasteiger partial charge in [0.05, 0.1) is 6.33 Å². The van der Waals surface area contributed by atoms with E-state index < -0.39 is 7.44 Å². The van der Waals surface area contributed by atoms with Crippen LogP contribution in [0, 0.1) is 0 Å². The van der Waals surface area contributed by atoms with Gasteiger partial charge in [-0.05, 0) is 55.3 Å². The SMILES string of the molecule is CCNP(=O)(CCN1CCc2cc(OC/C(=C\F)CC)ccc2C1=O)NCC. The summed E-state index contributed by atoms with van der Waals surface area (Å²) in [5, 5.41) is 6.06. The predicted molar refractivity (Wildman–Crippen MR) is 111 cm³/mol. The van der Waals surface area contributed by atoms with E-state index in [0.717, 1.165) is 5.56 Å². The molecule has 0 fully saturated rings. The van der Waals surface area contributed by atoms with Gasteiger partial charge in [-0.15, -0.1) is 0 Å². The van der Waals surface area contributed by atoms with Crippen molar-refractivity contribution >= 4 is 13.4 Å². The fourth-order valence-electron chi connectivity index (χ4n) is 3.19. The smallest absolute Gasteiger partial charge is 0.254 e. The molecule has 0 aliphatic carbocycles. The molecular weight excluding hydrogens is 380 g/mol. The first-order chi connectivity index (χ1) is 13.5. The lowest BCUT2D eigenvalue weighted by Gasteiger charge is -2.30. The molecule has 0 spiro atoms. The predicted octanol–water partition coefficient (Wildman–Crippen LogP) is 3.74. The van der Waals surface area contributed by atoms with Crippen LogP contribution in [0.1, 0.15) is 43.1 Å². The third-order valence-electron chi connectivity index (χ3n) is 4.79. The van der Waals surface area contributed by atoms with Crippen molar-refractivity contribution in [1.29, 1.82) is 0 Å². The Labute approximate surface area is 167 Å². The van der Waals surface area contributed by atoms with Crippen LogP contribution >= 0.6 is 7.44 Å². The number of benzene rings is 1. The number of rotatable bonds is 11. The van der Waals surface area contributed by atoms with Crippen LogP contribution in [0.4, 0.5) is 4.39 Å². The molecule has 6 nitrogen and oxygen atoms in total. The first-order valence-corrected chi connectivity index (χ1v) is 11.8. The van der Waals surface area contributed by atoms with Gasteiger partial charge < -0.3 is 9.64 Å². The molecule has 0 radical (unpaired) electrons. The molecule has 0 aromatic heterocycles. The molecule has 1 heterocycles. The molecule has 1 aromatic rings. The van der Waals surface area contributed by atoms with Gasteiger partial charge in [-0.1, -0.05) is 20.8 Å². The first-order valence-electron chi connectivity index (χ1n) is 9.88. The zero-order valence-corrected chi connectivity index (χ0v) is 17.9. The molecule has 0 bridgehead atoms. The van der Waals surface area contributed by atoms with Gasteiger partial charge in [0.2, 0.25) is 7.44 Å². The molecular formula is C20H31FN3O3P. The third-order valence-corrected chi connectivity index (χ3v) is 7.27. The Morgan fingerprint density at radius 1 is 1.29 bits per heavy atom. The van der Waals surface area contributed by atoms with Crippen molar-refractivity contribution in [2.75, 3.05) is 38.9 Å². The highest BCUT2D eigenvalue weighted by atomic mass is 31.2. The topological polar surface area (TPSA) is 70.7 Å². The number of hydrogen-bond acceptors (Lipinski definition) is 3. The van der Waals surface area contributed by atoms with Crippen molar-refractivity contribution in [3.05, 3.63) is 41.2 Å². The van der Waals surface area contributed by atoms with Gasteiger partial charge in [-0.2, -0.15) is 0 Å². The number of carbonyl (C=O) groups excluding carboxylic acids is 1. The van der Waals surface area contributed by atoms with E-state index in [-0.39, 0.29) is 12.5 Å². The van der Waals surface area contributed by atoms with Crippen LogP contribution in [0.3, 0.4) is 0 Å². The first kappa shape index (κ1) is 22.6. The minimum absolute atomic E-state index is 0.0507. The molecule has 2 N–H and O–H groups in total. The van der Waals surface area contributed by atoms with Crippen LogP contribution in [0.15, 0.2) is 30.1 Å². The van der Waals surface area contributed by atoms with Gasteiger partial charge in [0.1, 0.15) is 12.4 Å². The molecule has 0 atom stereocenters. The lowest BCUT2D eigenvalue weighted by atomic mass is 9.99. The van der Waals surface area contributed by atoms with E-state index in [9.17, 15) is 13.8 Å². The molecule has 0 saturated heterocycles. The van der Waals surface area contributed by atoms with E-state index in [0.29, 0.717) is 68.4 Å². The van der Waals surface area contributed by atoms with E-state index in [1.807, 2.05) is 26.8 Å². The van der Waals surface area contributed by atoms with Crippen LogP contribution in [-0.4, -0.2) is 49.8 Å². The van der Waals surface area contributed by atoms with Gasteiger partial charge in [0.15, 0.2) is 0 Å². The largest absolute Gasteiger partial charge is 0.489 e. The summed E-state index contributed by atoms with van der Waals surface area (Å²) in [5.41, 5.74) is 2.17. The number of fused-ring (bicyclic) bond motifs is 1. The van der Waals surface area contributed by atoms with Crippen molar-refractivity contribution in [3.8, 4) is 5.75 Å².